The summed E-state index contributed by atoms with van der Waals surface area (Å²) in [5, 5.41) is 13.4. The van der Waals surface area contributed by atoms with Crippen LogP contribution in [0.1, 0.15) is 31.2 Å². The lowest BCUT2D eigenvalue weighted by atomic mass is 9.94. The lowest BCUT2D eigenvalue weighted by molar-refractivity contribution is 0.414. The molecule has 2 unspecified atom stereocenters. The molecule has 1 aliphatic carbocycles. The number of ether oxygens (including phenoxy) is 1. The number of anilines is 1. The van der Waals surface area contributed by atoms with E-state index in [1.807, 2.05) is 30.0 Å². The van der Waals surface area contributed by atoms with Crippen molar-refractivity contribution in [3.63, 3.8) is 0 Å². The molecule has 0 heterocycles. The van der Waals surface area contributed by atoms with Gasteiger partial charge in [0.1, 0.15) is 11.8 Å². The van der Waals surface area contributed by atoms with Crippen molar-refractivity contribution in [2.45, 2.75) is 37.0 Å². The van der Waals surface area contributed by atoms with E-state index in [1.165, 1.54) is 25.7 Å². The number of nitrogens with one attached hydrogen (secondary N) is 1. The Bertz CT molecular complexity index is 470. The van der Waals surface area contributed by atoms with Crippen LogP contribution in [-0.4, -0.2) is 24.7 Å². The number of hydrogen-bond donors (Lipinski definition) is 1. The van der Waals surface area contributed by atoms with E-state index < -0.39 is 0 Å². The largest absolute Gasteiger partial charge is 0.497 e. The molecular weight excluding hydrogens is 256 g/mol. The fraction of sp³-hybridized carbons (Fsp3) is 0.533. The molecule has 3 nitrogen and oxygen atoms in total. The second-order valence-electron chi connectivity index (χ2n) is 4.83. The van der Waals surface area contributed by atoms with Crippen molar-refractivity contribution in [1.82, 2.24) is 0 Å². The normalized spacial score (nSPS) is 22.6. The lowest BCUT2D eigenvalue weighted by Crippen LogP contribution is -2.34. The Hall–Kier alpha value is -1.34. The van der Waals surface area contributed by atoms with Gasteiger partial charge in [-0.2, -0.15) is 17.0 Å². The molecule has 1 aromatic rings. The summed E-state index contributed by atoms with van der Waals surface area (Å²) in [6, 6.07) is 8.26. The molecule has 1 aromatic carbocycles. The van der Waals surface area contributed by atoms with Crippen molar-refractivity contribution in [3.05, 3.63) is 23.8 Å². The molecule has 0 saturated heterocycles. The topological polar surface area (TPSA) is 45.0 Å². The third-order valence-electron chi connectivity index (χ3n) is 3.69. The van der Waals surface area contributed by atoms with Crippen LogP contribution < -0.4 is 10.1 Å². The van der Waals surface area contributed by atoms with Gasteiger partial charge in [-0.05, 0) is 31.2 Å². The first-order chi connectivity index (χ1) is 9.28. The molecule has 4 heteroatoms. The third-order valence-corrected chi connectivity index (χ3v) is 4.86. The van der Waals surface area contributed by atoms with Crippen LogP contribution in [0.4, 0.5) is 5.69 Å². The van der Waals surface area contributed by atoms with Crippen LogP contribution in [0.2, 0.25) is 0 Å². The van der Waals surface area contributed by atoms with Crippen LogP contribution in [0, 0.1) is 11.3 Å². The van der Waals surface area contributed by atoms with Crippen molar-refractivity contribution >= 4 is 17.4 Å². The summed E-state index contributed by atoms with van der Waals surface area (Å²) < 4.78 is 5.24. The zero-order valence-electron chi connectivity index (χ0n) is 11.5. The van der Waals surface area contributed by atoms with Crippen molar-refractivity contribution < 1.29 is 4.74 Å². The van der Waals surface area contributed by atoms with E-state index >= 15 is 0 Å². The van der Waals surface area contributed by atoms with E-state index in [4.69, 9.17) is 4.74 Å². The van der Waals surface area contributed by atoms with E-state index in [2.05, 4.69) is 17.6 Å². The van der Waals surface area contributed by atoms with Crippen LogP contribution in [0.3, 0.4) is 0 Å². The van der Waals surface area contributed by atoms with Crippen LogP contribution in [-0.2, 0) is 0 Å². The summed E-state index contributed by atoms with van der Waals surface area (Å²) in [4.78, 5) is 0. The van der Waals surface area contributed by atoms with E-state index in [9.17, 15) is 5.26 Å². The maximum absolute atomic E-state index is 9.20. The second-order valence-corrected chi connectivity index (χ2v) is 5.91. The maximum atomic E-state index is 9.20. The van der Waals surface area contributed by atoms with Crippen LogP contribution in [0.5, 0.6) is 5.75 Å². The number of nitriles is 1. The summed E-state index contributed by atoms with van der Waals surface area (Å²) in [6.07, 6.45) is 7.17. The van der Waals surface area contributed by atoms with Crippen molar-refractivity contribution in [2.75, 3.05) is 18.7 Å². The van der Waals surface area contributed by atoms with Crippen molar-refractivity contribution in [2.24, 2.45) is 0 Å². The molecule has 0 aromatic heterocycles. The first kappa shape index (κ1) is 14.1. The lowest BCUT2D eigenvalue weighted by Gasteiger charge is -2.32. The summed E-state index contributed by atoms with van der Waals surface area (Å²) in [5.74, 6) is 0.790. The molecule has 102 valence electrons. The average molecular weight is 276 g/mol. The molecular formula is C15H20N2OS. The molecule has 0 aliphatic heterocycles. The van der Waals surface area contributed by atoms with Gasteiger partial charge >= 0.3 is 0 Å². The molecule has 0 radical (unpaired) electrons. The van der Waals surface area contributed by atoms with Gasteiger partial charge in [0.15, 0.2) is 0 Å². The molecule has 19 heavy (non-hydrogen) atoms. The molecule has 0 amide bonds. The van der Waals surface area contributed by atoms with Crippen molar-refractivity contribution in [1.29, 1.82) is 5.26 Å². The Morgan fingerprint density at radius 3 is 2.84 bits per heavy atom. The zero-order chi connectivity index (χ0) is 13.7. The highest BCUT2D eigenvalue weighted by molar-refractivity contribution is 7.99. The monoisotopic (exact) mass is 276 g/mol. The number of rotatable bonds is 4. The summed E-state index contributed by atoms with van der Waals surface area (Å²) in [5.41, 5.74) is 1.58. The first-order valence-electron chi connectivity index (χ1n) is 6.66. The average Bonchev–Trinajstić information content (AvgIpc) is 2.47. The predicted octanol–water partition coefficient (Wildman–Crippen LogP) is 3.65. The molecule has 2 rings (SSSR count). The van der Waals surface area contributed by atoms with Crippen LogP contribution >= 0.6 is 11.8 Å². The van der Waals surface area contributed by atoms with E-state index in [1.54, 1.807) is 7.11 Å². The van der Waals surface area contributed by atoms with Gasteiger partial charge in [0, 0.05) is 17.4 Å². The number of nitrogens with zero attached hydrogens (tertiary/aromatic N) is 1. The molecule has 1 aliphatic rings. The van der Waals surface area contributed by atoms with Gasteiger partial charge in [-0.25, -0.2) is 0 Å². The van der Waals surface area contributed by atoms with Gasteiger partial charge in [0.2, 0.25) is 0 Å². The van der Waals surface area contributed by atoms with Gasteiger partial charge in [-0.15, -0.1) is 0 Å². The number of methoxy groups -OCH3 is 1. The smallest absolute Gasteiger partial charge is 0.121 e. The molecule has 1 N–H and O–H groups in total. The first-order valence-corrected chi connectivity index (χ1v) is 7.94. The van der Waals surface area contributed by atoms with Gasteiger partial charge in [-0.1, -0.05) is 12.8 Å². The SMILES string of the molecule is COc1ccc(C#N)c(NC2CCCCC2SC)c1. The molecule has 0 bridgehead atoms. The Morgan fingerprint density at radius 2 is 2.16 bits per heavy atom. The van der Waals surface area contributed by atoms with Crippen LogP contribution in [0.25, 0.3) is 0 Å². The Morgan fingerprint density at radius 1 is 1.37 bits per heavy atom. The second kappa shape index (κ2) is 6.72. The highest BCUT2D eigenvalue weighted by Gasteiger charge is 2.24. The number of benzene rings is 1. The highest BCUT2D eigenvalue weighted by Crippen LogP contribution is 2.31. The fourth-order valence-corrected chi connectivity index (χ4v) is 3.55. The van der Waals surface area contributed by atoms with Gasteiger partial charge in [-0.3, -0.25) is 0 Å². The quantitative estimate of drug-likeness (QED) is 0.911. The summed E-state index contributed by atoms with van der Waals surface area (Å²) in [6.45, 7) is 0. The Labute approximate surface area is 119 Å². The molecule has 1 saturated carbocycles. The molecule has 1 fully saturated rings. The standard InChI is InChI=1S/C15H20N2OS/c1-18-12-8-7-11(10-16)14(9-12)17-13-5-3-4-6-15(13)19-2/h7-9,13,15,17H,3-6H2,1-2H3. The zero-order valence-corrected chi connectivity index (χ0v) is 12.3. The molecule has 0 spiro atoms. The number of thioether (sulfide) groups is 1. The van der Waals surface area contributed by atoms with Crippen molar-refractivity contribution in [3.8, 4) is 11.8 Å². The van der Waals surface area contributed by atoms with Crippen LogP contribution in [0.15, 0.2) is 18.2 Å². The minimum Gasteiger partial charge on any atom is -0.497 e. The maximum Gasteiger partial charge on any atom is 0.121 e. The van der Waals surface area contributed by atoms with E-state index in [0.29, 0.717) is 16.9 Å². The highest BCUT2D eigenvalue weighted by atomic mass is 32.2. The van der Waals surface area contributed by atoms with Gasteiger partial charge < -0.3 is 10.1 Å². The number of hydrogen-bond acceptors (Lipinski definition) is 4. The van der Waals surface area contributed by atoms with Gasteiger partial charge in [0.05, 0.1) is 18.4 Å². The van der Waals surface area contributed by atoms with E-state index in [0.717, 1.165) is 11.4 Å². The summed E-state index contributed by atoms with van der Waals surface area (Å²) >= 11 is 1.92. The molecule has 2 atom stereocenters. The van der Waals surface area contributed by atoms with Gasteiger partial charge in [0.25, 0.3) is 0 Å². The predicted molar refractivity (Wildman–Crippen MR) is 80.9 cm³/mol. The Balaban J connectivity index is 2.19. The third kappa shape index (κ3) is 3.36. The summed E-state index contributed by atoms with van der Waals surface area (Å²) in [7, 11) is 1.65. The Kier molecular flexibility index (Phi) is 4.98. The fourth-order valence-electron chi connectivity index (χ4n) is 2.61. The minimum atomic E-state index is 0.447. The minimum absolute atomic E-state index is 0.447. The van der Waals surface area contributed by atoms with E-state index in [-0.39, 0.29) is 0 Å².